The third kappa shape index (κ3) is 6.31. The molecular weight excluding hydrogens is 542 g/mol. The fraction of sp³-hybridized carbons (Fsp3) is 0.267. The summed E-state index contributed by atoms with van der Waals surface area (Å²) in [5.74, 6) is -0.721. The number of anilines is 4. The third-order valence-electron chi connectivity index (χ3n) is 6.61. The van der Waals surface area contributed by atoms with Gasteiger partial charge < -0.3 is 30.7 Å². The quantitative estimate of drug-likeness (QED) is 0.196. The predicted octanol–water partition coefficient (Wildman–Crippen LogP) is 5.45. The van der Waals surface area contributed by atoms with E-state index in [2.05, 4.69) is 20.5 Å². The molecule has 0 saturated carbocycles. The van der Waals surface area contributed by atoms with Gasteiger partial charge in [-0.15, -0.1) is 11.3 Å². The molecular formula is C30H31N5O5S. The molecule has 2 amide bonds. The van der Waals surface area contributed by atoms with E-state index in [1.807, 2.05) is 51.1 Å². The van der Waals surface area contributed by atoms with Gasteiger partial charge in [-0.05, 0) is 35.1 Å². The van der Waals surface area contributed by atoms with Crippen molar-refractivity contribution in [3.63, 3.8) is 0 Å². The van der Waals surface area contributed by atoms with E-state index < -0.39 is 17.8 Å². The second kappa shape index (κ2) is 11.6. The minimum atomic E-state index is -1.01. The number of nitrogens with zero attached hydrogens (tertiary/aromatic N) is 2. The number of ketones is 1. The lowest BCUT2D eigenvalue weighted by atomic mass is 9.95. The van der Waals surface area contributed by atoms with Crippen LogP contribution in [0.4, 0.5) is 27.7 Å². The second-order valence-electron chi connectivity index (χ2n) is 10.6. The van der Waals surface area contributed by atoms with Crippen LogP contribution in [0.2, 0.25) is 0 Å². The SMILES string of the molecule is CC(C)(C)c1cc(NC(=O)C(=O)c2ccc(Nc3ccnc(N4CCOCC4)c3)c3ccccc23)c(OC(N)=O)s1. The Morgan fingerprint density at radius 2 is 1.73 bits per heavy atom. The maximum Gasteiger partial charge on any atom is 0.410 e. The molecule has 5 rings (SSSR count). The minimum Gasteiger partial charge on any atom is -0.397 e. The highest BCUT2D eigenvalue weighted by molar-refractivity contribution is 7.14. The summed E-state index contributed by atoms with van der Waals surface area (Å²) in [6, 6.07) is 16.3. The van der Waals surface area contributed by atoms with Crippen LogP contribution in [-0.2, 0) is 14.9 Å². The summed E-state index contributed by atoms with van der Waals surface area (Å²) in [4.78, 5) is 45.5. The Kier molecular flexibility index (Phi) is 7.91. The first kappa shape index (κ1) is 28.1. The first-order valence-electron chi connectivity index (χ1n) is 13.1. The Hall–Kier alpha value is -4.48. The molecule has 4 aromatic rings. The van der Waals surface area contributed by atoms with Crippen LogP contribution in [0.25, 0.3) is 10.8 Å². The molecule has 11 heteroatoms. The van der Waals surface area contributed by atoms with E-state index in [1.165, 1.54) is 11.3 Å². The van der Waals surface area contributed by atoms with Gasteiger partial charge in [0.25, 0.3) is 11.7 Å². The van der Waals surface area contributed by atoms with Gasteiger partial charge in [0.2, 0.25) is 5.06 Å². The lowest BCUT2D eigenvalue weighted by Crippen LogP contribution is -2.36. The number of carbonyl (C=O) groups excluding carboxylic acids is 3. The Balaban J connectivity index is 1.41. The summed E-state index contributed by atoms with van der Waals surface area (Å²) in [5, 5.41) is 7.58. The van der Waals surface area contributed by atoms with E-state index in [-0.39, 0.29) is 21.7 Å². The largest absolute Gasteiger partial charge is 0.410 e. The molecule has 212 valence electrons. The normalized spacial score (nSPS) is 13.6. The van der Waals surface area contributed by atoms with Gasteiger partial charge in [0.1, 0.15) is 5.82 Å². The van der Waals surface area contributed by atoms with Crippen molar-refractivity contribution in [2.45, 2.75) is 26.2 Å². The Labute approximate surface area is 241 Å². The molecule has 2 aromatic heterocycles. The van der Waals surface area contributed by atoms with Gasteiger partial charge >= 0.3 is 6.09 Å². The van der Waals surface area contributed by atoms with Crippen LogP contribution in [0.5, 0.6) is 5.06 Å². The minimum absolute atomic E-state index is 0.127. The Morgan fingerprint density at radius 3 is 2.44 bits per heavy atom. The van der Waals surface area contributed by atoms with E-state index >= 15 is 0 Å². The van der Waals surface area contributed by atoms with Gasteiger partial charge in [0.05, 0.1) is 18.9 Å². The molecule has 0 bridgehead atoms. The van der Waals surface area contributed by atoms with Gasteiger partial charge in [-0.2, -0.15) is 0 Å². The molecule has 1 aliphatic rings. The highest BCUT2D eigenvalue weighted by atomic mass is 32.1. The predicted molar refractivity (Wildman–Crippen MR) is 161 cm³/mol. The number of amides is 2. The average Bonchev–Trinajstić information content (AvgIpc) is 3.35. The molecule has 0 atom stereocenters. The number of hydrogen-bond donors (Lipinski definition) is 3. The lowest BCUT2D eigenvalue weighted by Gasteiger charge is -2.28. The number of fused-ring (bicyclic) bond motifs is 1. The summed E-state index contributed by atoms with van der Waals surface area (Å²) in [6.07, 6.45) is 0.748. The van der Waals surface area contributed by atoms with E-state index in [0.717, 1.165) is 40.5 Å². The van der Waals surface area contributed by atoms with Crippen molar-refractivity contribution in [1.82, 2.24) is 4.98 Å². The number of ether oxygens (including phenoxy) is 2. The van der Waals surface area contributed by atoms with Gasteiger partial charge in [-0.25, -0.2) is 9.78 Å². The zero-order valence-corrected chi connectivity index (χ0v) is 23.8. The highest BCUT2D eigenvalue weighted by Crippen LogP contribution is 2.41. The van der Waals surface area contributed by atoms with E-state index in [0.29, 0.717) is 18.6 Å². The lowest BCUT2D eigenvalue weighted by molar-refractivity contribution is -0.112. The number of nitrogens with two attached hydrogens (primary N) is 1. The number of thiophene rings is 1. The third-order valence-corrected chi connectivity index (χ3v) is 8.05. The fourth-order valence-electron chi connectivity index (χ4n) is 4.52. The molecule has 0 unspecified atom stereocenters. The van der Waals surface area contributed by atoms with Crippen molar-refractivity contribution in [2.75, 3.05) is 41.8 Å². The van der Waals surface area contributed by atoms with Gasteiger partial charge in [0.15, 0.2) is 0 Å². The number of carbonyl (C=O) groups is 3. The van der Waals surface area contributed by atoms with Crippen LogP contribution in [0.15, 0.2) is 60.8 Å². The summed E-state index contributed by atoms with van der Waals surface area (Å²) in [6.45, 7) is 8.84. The second-order valence-corrected chi connectivity index (χ2v) is 11.6. The number of hydrogen-bond acceptors (Lipinski definition) is 9. The van der Waals surface area contributed by atoms with Gasteiger partial charge in [-0.1, -0.05) is 45.0 Å². The number of primary amides is 1. The highest BCUT2D eigenvalue weighted by Gasteiger charge is 2.26. The molecule has 1 fully saturated rings. The van der Waals surface area contributed by atoms with Crippen LogP contribution in [0, 0.1) is 0 Å². The van der Waals surface area contributed by atoms with Crippen molar-refractivity contribution in [2.24, 2.45) is 5.73 Å². The van der Waals surface area contributed by atoms with Crippen LogP contribution in [-0.4, -0.2) is 49.1 Å². The van der Waals surface area contributed by atoms with E-state index in [9.17, 15) is 14.4 Å². The summed E-state index contributed by atoms with van der Waals surface area (Å²) in [5.41, 5.74) is 7.03. The van der Waals surface area contributed by atoms with Crippen molar-refractivity contribution in [3.05, 3.63) is 71.2 Å². The maximum absolute atomic E-state index is 13.4. The van der Waals surface area contributed by atoms with Crippen LogP contribution < -0.4 is 26.0 Å². The molecule has 3 heterocycles. The molecule has 2 aromatic carbocycles. The van der Waals surface area contributed by atoms with Gasteiger partial charge in [0, 0.05) is 52.6 Å². The number of nitrogens with one attached hydrogen (secondary N) is 2. The fourth-order valence-corrected chi connectivity index (χ4v) is 5.55. The maximum atomic E-state index is 13.4. The number of morpholine rings is 1. The van der Waals surface area contributed by atoms with E-state index in [1.54, 1.807) is 30.5 Å². The molecule has 1 saturated heterocycles. The van der Waals surface area contributed by atoms with E-state index in [4.69, 9.17) is 15.2 Å². The molecule has 0 radical (unpaired) electrons. The summed E-state index contributed by atoms with van der Waals surface area (Å²) in [7, 11) is 0. The monoisotopic (exact) mass is 573 g/mol. The molecule has 0 aliphatic carbocycles. The topological polar surface area (TPSA) is 136 Å². The summed E-state index contributed by atoms with van der Waals surface area (Å²) >= 11 is 1.19. The van der Waals surface area contributed by atoms with Crippen molar-refractivity contribution < 1.29 is 23.9 Å². The van der Waals surface area contributed by atoms with Gasteiger partial charge in [-0.3, -0.25) is 9.59 Å². The van der Waals surface area contributed by atoms with Crippen molar-refractivity contribution in [3.8, 4) is 5.06 Å². The number of rotatable bonds is 7. The standard InChI is InChI=1S/C30H31N5O5S/c1-30(2,3)24-17-23(28(41-24)40-29(31)38)34-27(37)26(36)21-8-9-22(20-7-5-4-6-19(20)21)33-18-10-11-32-25(16-18)35-12-14-39-15-13-35/h4-11,16-17H,12-15H2,1-3H3,(H2,31,38)(H,32,33)(H,34,37). The molecule has 1 aliphatic heterocycles. The Bertz CT molecular complexity index is 1620. The Morgan fingerprint density at radius 1 is 1.00 bits per heavy atom. The van der Waals surface area contributed by atoms with Crippen molar-refractivity contribution >= 4 is 62.8 Å². The first-order valence-corrected chi connectivity index (χ1v) is 14.0. The van der Waals surface area contributed by atoms with Crippen molar-refractivity contribution in [1.29, 1.82) is 0 Å². The van der Waals surface area contributed by atoms with Crippen LogP contribution in [0.3, 0.4) is 0 Å². The number of aromatic nitrogens is 1. The zero-order valence-electron chi connectivity index (χ0n) is 23.0. The number of benzene rings is 2. The molecule has 10 nitrogen and oxygen atoms in total. The number of Topliss-reactive ketones (excluding diaryl/α,β-unsaturated/α-hetero) is 1. The smallest absolute Gasteiger partial charge is 0.397 e. The first-order chi connectivity index (χ1) is 19.6. The van der Waals surface area contributed by atoms with Crippen LogP contribution in [0.1, 0.15) is 36.0 Å². The zero-order chi connectivity index (χ0) is 29.1. The summed E-state index contributed by atoms with van der Waals surface area (Å²) < 4.78 is 10.6. The van der Waals surface area contributed by atoms with Crippen LogP contribution >= 0.6 is 11.3 Å². The molecule has 41 heavy (non-hydrogen) atoms. The molecule has 0 spiro atoms. The molecule has 4 N–H and O–H groups in total. The average molecular weight is 574 g/mol. The number of pyridine rings is 1.